The maximum atomic E-state index is 6.95. The van der Waals surface area contributed by atoms with Gasteiger partial charge in [0.25, 0.3) is 0 Å². The van der Waals surface area contributed by atoms with Crippen LogP contribution < -0.4 is 0 Å². The molecule has 0 fully saturated rings. The number of guanidine groups is 1. The third kappa shape index (κ3) is 11.0. The predicted molar refractivity (Wildman–Crippen MR) is 128 cm³/mol. The molecule has 0 aromatic carbocycles. The maximum Gasteiger partial charge on any atom is 0.469 e. The van der Waals surface area contributed by atoms with E-state index in [0.29, 0.717) is 0 Å². The van der Waals surface area contributed by atoms with E-state index in [2.05, 4.69) is 76.2 Å². The van der Waals surface area contributed by atoms with E-state index < -0.39 is 33.8 Å². The van der Waals surface area contributed by atoms with Crippen LogP contribution in [0.1, 0.15) is 13.3 Å². The lowest BCUT2D eigenvalue weighted by molar-refractivity contribution is 0.246. The summed E-state index contributed by atoms with van der Waals surface area (Å²) in [5.74, 6) is 0.958. The minimum Gasteiger partial charge on any atom is -0.417 e. The Morgan fingerprint density at radius 2 is 1.26 bits per heavy atom. The molecular weight excluding hydrogens is 407 g/mol. The molecule has 0 aliphatic rings. The van der Waals surface area contributed by atoms with E-state index in [0.717, 1.165) is 24.6 Å². The Morgan fingerprint density at radius 3 is 1.56 bits per heavy atom. The summed E-state index contributed by atoms with van der Waals surface area (Å²) in [4.78, 5) is 8.66. The first kappa shape index (κ1) is 27.0. The highest BCUT2D eigenvalue weighted by atomic mass is 28.5. The second-order valence-corrected chi connectivity index (χ2v) is 26.6. The summed E-state index contributed by atoms with van der Waals surface area (Å²) >= 11 is 0. The van der Waals surface area contributed by atoms with Crippen molar-refractivity contribution in [2.45, 2.75) is 71.8 Å². The quantitative estimate of drug-likeness (QED) is 0.282. The molecule has 0 bridgehead atoms. The summed E-state index contributed by atoms with van der Waals surface area (Å²) in [5.41, 5.74) is 0. The number of rotatable bonds is 10. The number of hydrogen-bond donors (Lipinski definition) is 0. The Morgan fingerprint density at radius 1 is 0.815 bits per heavy atom. The summed E-state index contributed by atoms with van der Waals surface area (Å²) in [5, 5.41) is 0. The second kappa shape index (κ2) is 10.2. The molecule has 0 saturated carbocycles. The molecule has 0 aliphatic carbocycles. The lowest BCUT2D eigenvalue weighted by Crippen LogP contribution is -2.63. The van der Waals surface area contributed by atoms with E-state index in [-0.39, 0.29) is 0 Å². The van der Waals surface area contributed by atoms with Gasteiger partial charge in [0.15, 0.2) is 30.9 Å². The molecule has 6 nitrogen and oxygen atoms in total. The SMILES string of the molecule is CCC[Si](O[Si](C)(C)C)(O[Si](C)(C)C)O[Si](C)(C)CN(C)C(=NC)N(C)C. The van der Waals surface area contributed by atoms with Crippen LogP contribution >= 0.6 is 0 Å². The Labute approximate surface area is 173 Å². The molecule has 0 heterocycles. The highest BCUT2D eigenvalue weighted by Gasteiger charge is 2.50. The van der Waals surface area contributed by atoms with Crippen molar-refractivity contribution in [3.8, 4) is 0 Å². The average molecular weight is 452 g/mol. The van der Waals surface area contributed by atoms with E-state index >= 15 is 0 Å². The van der Waals surface area contributed by atoms with Crippen molar-refractivity contribution in [2.75, 3.05) is 34.4 Å². The van der Waals surface area contributed by atoms with Crippen LogP contribution in [0.15, 0.2) is 4.99 Å². The fraction of sp³-hybridized carbons (Fsp3) is 0.941. The minimum atomic E-state index is -2.74. The molecule has 0 aromatic heterocycles. The predicted octanol–water partition coefficient (Wildman–Crippen LogP) is 4.28. The van der Waals surface area contributed by atoms with Crippen LogP contribution in [0.5, 0.6) is 0 Å². The topological polar surface area (TPSA) is 46.5 Å². The first-order chi connectivity index (χ1) is 12.0. The highest BCUT2D eigenvalue weighted by molar-refractivity contribution is 6.90. The normalized spacial score (nSPS) is 14.5. The van der Waals surface area contributed by atoms with E-state index in [9.17, 15) is 0 Å². The first-order valence-corrected chi connectivity index (χ1v) is 21.8. The average Bonchev–Trinajstić information content (AvgIpc) is 2.32. The van der Waals surface area contributed by atoms with Crippen LogP contribution in [0.4, 0.5) is 0 Å². The molecule has 0 radical (unpaired) electrons. The van der Waals surface area contributed by atoms with E-state index in [4.69, 9.17) is 12.3 Å². The van der Waals surface area contributed by atoms with Crippen molar-refractivity contribution in [3.05, 3.63) is 0 Å². The van der Waals surface area contributed by atoms with Crippen molar-refractivity contribution in [2.24, 2.45) is 4.99 Å². The first-order valence-electron chi connectivity index (χ1n) is 9.91. The summed E-state index contributed by atoms with van der Waals surface area (Å²) < 4.78 is 20.4. The number of nitrogens with zero attached hydrogens (tertiary/aromatic N) is 3. The molecule has 0 amide bonds. The second-order valence-electron chi connectivity index (χ2n) is 10.00. The highest BCUT2D eigenvalue weighted by Crippen LogP contribution is 2.30. The van der Waals surface area contributed by atoms with Crippen molar-refractivity contribution in [1.29, 1.82) is 0 Å². The van der Waals surface area contributed by atoms with Crippen molar-refractivity contribution >= 4 is 39.7 Å². The summed E-state index contributed by atoms with van der Waals surface area (Å²) in [7, 11) is -0.475. The third-order valence-corrected chi connectivity index (χ3v) is 16.7. The Bertz CT molecular complexity index is 473. The fourth-order valence-electron chi connectivity index (χ4n) is 3.26. The minimum absolute atomic E-state index is 0.848. The zero-order valence-electron chi connectivity index (χ0n) is 20.2. The largest absolute Gasteiger partial charge is 0.469 e. The molecule has 162 valence electrons. The van der Waals surface area contributed by atoms with Gasteiger partial charge in [0.1, 0.15) is 0 Å². The lowest BCUT2D eigenvalue weighted by atomic mass is 10.6. The molecule has 10 heteroatoms. The molecular formula is C17H45N3O3Si4. The van der Waals surface area contributed by atoms with Gasteiger partial charge in [0.2, 0.25) is 0 Å². The molecule has 0 N–H and O–H groups in total. The van der Waals surface area contributed by atoms with Gasteiger partial charge in [0, 0.05) is 40.4 Å². The monoisotopic (exact) mass is 451 g/mol. The fourth-order valence-corrected chi connectivity index (χ4v) is 19.1. The van der Waals surface area contributed by atoms with E-state index in [1.54, 1.807) is 0 Å². The molecule has 0 spiro atoms. The van der Waals surface area contributed by atoms with Crippen LogP contribution in [-0.2, 0) is 12.3 Å². The van der Waals surface area contributed by atoms with E-state index in [1.807, 2.05) is 26.0 Å². The van der Waals surface area contributed by atoms with Crippen LogP contribution in [-0.4, -0.2) is 83.9 Å². The number of aliphatic imine (C=N–C) groups is 1. The van der Waals surface area contributed by atoms with E-state index in [1.165, 1.54) is 0 Å². The Hall–Kier alpha value is 0.0175. The van der Waals surface area contributed by atoms with Crippen LogP contribution in [0.3, 0.4) is 0 Å². The molecule has 0 rings (SSSR count). The van der Waals surface area contributed by atoms with Gasteiger partial charge in [-0.2, -0.15) is 0 Å². The maximum absolute atomic E-state index is 6.95. The number of hydrogen-bond acceptors (Lipinski definition) is 4. The van der Waals surface area contributed by atoms with Gasteiger partial charge < -0.3 is 22.1 Å². The standard InChI is InChI=1S/C17H45N3O3Si4/c1-14-15-27(21-24(6,7)8,22-25(9,10)11)23-26(12,13)16-20(5)17(18-2)19(3)4/h14-16H2,1-13H3. The zero-order valence-corrected chi connectivity index (χ0v) is 24.2. The van der Waals surface area contributed by atoms with Gasteiger partial charge in [-0.25, -0.2) is 0 Å². The summed E-state index contributed by atoms with van der Waals surface area (Å²) in [6, 6.07) is 0.893. The van der Waals surface area contributed by atoms with Gasteiger partial charge in [-0.3, -0.25) is 4.99 Å². The van der Waals surface area contributed by atoms with Crippen LogP contribution in [0.25, 0.3) is 0 Å². The van der Waals surface area contributed by atoms with Gasteiger partial charge in [0.05, 0.1) is 0 Å². The van der Waals surface area contributed by atoms with Crippen LogP contribution in [0.2, 0.25) is 58.4 Å². The van der Waals surface area contributed by atoms with Gasteiger partial charge in [-0.15, -0.1) is 0 Å². The molecule has 0 atom stereocenters. The van der Waals surface area contributed by atoms with Crippen molar-refractivity contribution in [1.82, 2.24) is 9.80 Å². The summed E-state index contributed by atoms with van der Waals surface area (Å²) in [6.07, 6.45) is 1.86. The summed E-state index contributed by atoms with van der Waals surface area (Å²) in [6.45, 7) is 20.1. The van der Waals surface area contributed by atoms with Gasteiger partial charge in [-0.1, -0.05) is 13.3 Å². The van der Waals surface area contributed by atoms with Gasteiger partial charge in [-0.05, 0) is 52.4 Å². The van der Waals surface area contributed by atoms with Crippen molar-refractivity contribution in [3.63, 3.8) is 0 Å². The Kier molecular flexibility index (Phi) is 10.2. The molecule has 0 aliphatic heterocycles. The molecule has 0 saturated heterocycles. The lowest BCUT2D eigenvalue weighted by Gasteiger charge is -2.44. The van der Waals surface area contributed by atoms with Crippen molar-refractivity contribution < 1.29 is 12.3 Å². The third-order valence-electron chi connectivity index (χ3n) is 3.47. The van der Waals surface area contributed by atoms with Crippen LogP contribution in [0, 0.1) is 0 Å². The Balaban J connectivity index is 5.72. The zero-order chi connectivity index (χ0) is 21.7. The molecule has 0 aromatic rings. The smallest absolute Gasteiger partial charge is 0.417 e. The van der Waals surface area contributed by atoms with Gasteiger partial charge >= 0.3 is 8.80 Å². The molecule has 0 unspecified atom stereocenters. The molecule has 27 heavy (non-hydrogen) atoms.